The predicted octanol–water partition coefficient (Wildman–Crippen LogP) is 3.62. The number of hydrogen-bond donors (Lipinski definition) is 1. The number of halogens is 1. The van der Waals surface area contributed by atoms with Crippen LogP contribution in [-0.2, 0) is 4.79 Å². The molecule has 5 heteroatoms. The molecule has 0 saturated carbocycles. The van der Waals surface area contributed by atoms with Gasteiger partial charge >= 0.3 is 5.97 Å². The fourth-order valence-corrected chi connectivity index (χ4v) is 3.47. The van der Waals surface area contributed by atoms with Gasteiger partial charge in [-0.05, 0) is 66.2 Å². The third-order valence-corrected chi connectivity index (χ3v) is 4.59. The second-order valence-electron chi connectivity index (χ2n) is 5.56. The van der Waals surface area contributed by atoms with E-state index in [-0.39, 0.29) is 18.4 Å². The lowest BCUT2D eigenvalue weighted by atomic mass is 9.96. The second kappa shape index (κ2) is 7.07. The Kier molecular flexibility index (Phi) is 5.39. The molecule has 1 unspecified atom stereocenters. The first-order valence-electron chi connectivity index (χ1n) is 7.28. The van der Waals surface area contributed by atoms with Crippen LogP contribution in [0.2, 0.25) is 0 Å². The number of carboxylic acids is 1. The number of piperidine rings is 1. The molecular formula is C16H20BrNO3. The van der Waals surface area contributed by atoms with Gasteiger partial charge in [0.1, 0.15) is 0 Å². The highest BCUT2D eigenvalue weighted by atomic mass is 79.9. The summed E-state index contributed by atoms with van der Waals surface area (Å²) < 4.78 is 0.801. The van der Waals surface area contributed by atoms with Crippen LogP contribution in [-0.4, -0.2) is 34.5 Å². The van der Waals surface area contributed by atoms with Crippen LogP contribution in [0.5, 0.6) is 0 Å². The number of carbonyl (C=O) groups excluding carboxylic acids is 1. The highest BCUT2D eigenvalue weighted by Crippen LogP contribution is 2.26. The van der Waals surface area contributed by atoms with Gasteiger partial charge in [-0.3, -0.25) is 9.59 Å². The standard InChI is InChI=1S/C16H20BrNO3/c1-11-5-7-13(14(17)10-11)16(21)18-9-3-2-4-12(18)6-8-15(19)20/h5,7,10,12H,2-4,6,8-9H2,1H3,(H,19,20). The summed E-state index contributed by atoms with van der Waals surface area (Å²) in [6, 6.07) is 5.73. The third kappa shape index (κ3) is 4.06. The topological polar surface area (TPSA) is 57.6 Å². The molecule has 1 aromatic carbocycles. The van der Waals surface area contributed by atoms with Gasteiger partial charge in [0.05, 0.1) is 5.56 Å². The molecule has 1 heterocycles. The van der Waals surface area contributed by atoms with Crippen molar-refractivity contribution in [2.24, 2.45) is 0 Å². The van der Waals surface area contributed by atoms with Crippen molar-refractivity contribution >= 4 is 27.8 Å². The first-order chi connectivity index (χ1) is 9.99. The van der Waals surface area contributed by atoms with E-state index in [9.17, 15) is 9.59 Å². The Morgan fingerprint density at radius 3 is 2.81 bits per heavy atom. The van der Waals surface area contributed by atoms with Crippen LogP contribution in [0.25, 0.3) is 0 Å². The Bertz CT molecular complexity index is 544. The molecule has 2 rings (SSSR count). The summed E-state index contributed by atoms with van der Waals surface area (Å²) in [5.74, 6) is -0.804. The number of carbonyl (C=O) groups is 2. The highest BCUT2D eigenvalue weighted by Gasteiger charge is 2.28. The van der Waals surface area contributed by atoms with Crippen molar-refractivity contribution in [3.63, 3.8) is 0 Å². The SMILES string of the molecule is Cc1ccc(C(=O)N2CCCCC2CCC(=O)O)c(Br)c1. The van der Waals surface area contributed by atoms with E-state index >= 15 is 0 Å². The van der Waals surface area contributed by atoms with Crippen LogP contribution in [0, 0.1) is 6.92 Å². The van der Waals surface area contributed by atoms with Gasteiger partial charge in [-0.2, -0.15) is 0 Å². The number of carboxylic acid groups (broad SMARTS) is 1. The molecule has 1 atom stereocenters. The number of benzene rings is 1. The summed E-state index contributed by atoms with van der Waals surface area (Å²) >= 11 is 3.45. The minimum Gasteiger partial charge on any atom is -0.481 e. The monoisotopic (exact) mass is 353 g/mol. The molecule has 1 aliphatic rings. The van der Waals surface area contributed by atoms with E-state index in [2.05, 4.69) is 15.9 Å². The minimum atomic E-state index is -0.801. The lowest BCUT2D eigenvalue weighted by Crippen LogP contribution is -2.44. The van der Waals surface area contributed by atoms with E-state index in [1.165, 1.54) is 0 Å². The molecule has 1 fully saturated rings. The van der Waals surface area contributed by atoms with Crippen LogP contribution in [0.4, 0.5) is 0 Å². The van der Waals surface area contributed by atoms with E-state index < -0.39 is 5.97 Å². The Morgan fingerprint density at radius 2 is 2.14 bits per heavy atom. The zero-order chi connectivity index (χ0) is 15.4. The predicted molar refractivity (Wildman–Crippen MR) is 84.4 cm³/mol. The van der Waals surface area contributed by atoms with Crippen LogP contribution in [0.1, 0.15) is 48.0 Å². The Hall–Kier alpha value is -1.36. The molecule has 0 bridgehead atoms. The van der Waals surface area contributed by atoms with Gasteiger partial charge in [0.15, 0.2) is 0 Å². The first-order valence-corrected chi connectivity index (χ1v) is 8.07. The maximum absolute atomic E-state index is 12.7. The molecular weight excluding hydrogens is 334 g/mol. The molecule has 0 spiro atoms. The number of amides is 1. The summed E-state index contributed by atoms with van der Waals surface area (Å²) in [4.78, 5) is 25.4. The molecule has 1 aliphatic heterocycles. The summed E-state index contributed by atoms with van der Waals surface area (Å²) in [6.07, 6.45) is 3.58. The average molecular weight is 354 g/mol. The lowest BCUT2D eigenvalue weighted by Gasteiger charge is -2.36. The summed E-state index contributed by atoms with van der Waals surface area (Å²) in [6.45, 7) is 2.69. The molecule has 1 saturated heterocycles. The number of aryl methyl sites for hydroxylation is 1. The van der Waals surface area contributed by atoms with Crippen molar-refractivity contribution in [2.45, 2.75) is 45.1 Å². The van der Waals surface area contributed by atoms with E-state index in [1.54, 1.807) is 0 Å². The quantitative estimate of drug-likeness (QED) is 0.899. The Morgan fingerprint density at radius 1 is 1.38 bits per heavy atom. The first kappa shape index (κ1) is 16.0. The largest absolute Gasteiger partial charge is 0.481 e. The number of aliphatic carboxylic acids is 1. The number of hydrogen-bond acceptors (Lipinski definition) is 2. The van der Waals surface area contributed by atoms with E-state index in [0.29, 0.717) is 18.5 Å². The normalized spacial score (nSPS) is 18.6. The van der Waals surface area contributed by atoms with Crippen LogP contribution >= 0.6 is 15.9 Å². The molecule has 4 nitrogen and oxygen atoms in total. The summed E-state index contributed by atoms with van der Waals surface area (Å²) in [7, 11) is 0. The zero-order valence-electron chi connectivity index (χ0n) is 12.1. The van der Waals surface area contributed by atoms with Gasteiger partial charge in [0, 0.05) is 23.5 Å². The van der Waals surface area contributed by atoms with Crippen molar-refractivity contribution in [1.82, 2.24) is 4.90 Å². The van der Waals surface area contributed by atoms with Crippen molar-refractivity contribution < 1.29 is 14.7 Å². The molecule has 114 valence electrons. The van der Waals surface area contributed by atoms with Crippen molar-refractivity contribution in [3.05, 3.63) is 33.8 Å². The summed E-state index contributed by atoms with van der Waals surface area (Å²) in [5.41, 5.74) is 1.75. The van der Waals surface area contributed by atoms with Crippen LogP contribution in [0.15, 0.2) is 22.7 Å². The maximum Gasteiger partial charge on any atom is 0.303 e. The second-order valence-corrected chi connectivity index (χ2v) is 6.42. The minimum absolute atomic E-state index is 0.00281. The average Bonchev–Trinajstić information content (AvgIpc) is 2.45. The summed E-state index contributed by atoms with van der Waals surface area (Å²) in [5, 5.41) is 8.85. The Labute approximate surface area is 133 Å². The van der Waals surface area contributed by atoms with Gasteiger partial charge < -0.3 is 10.0 Å². The van der Waals surface area contributed by atoms with Gasteiger partial charge in [-0.15, -0.1) is 0 Å². The van der Waals surface area contributed by atoms with E-state index in [1.807, 2.05) is 30.0 Å². The number of nitrogens with zero attached hydrogens (tertiary/aromatic N) is 1. The fourth-order valence-electron chi connectivity index (χ4n) is 2.81. The van der Waals surface area contributed by atoms with Crippen LogP contribution < -0.4 is 0 Å². The van der Waals surface area contributed by atoms with Gasteiger partial charge in [-0.25, -0.2) is 0 Å². The van der Waals surface area contributed by atoms with Crippen molar-refractivity contribution in [2.75, 3.05) is 6.54 Å². The molecule has 21 heavy (non-hydrogen) atoms. The van der Waals surface area contributed by atoms with Gasteiger partial charge in [-0.1, -0.05) is 6.07 Å². The molecule has 0 radical (unpaired) electrons. The van der Waals surface area contributed by atoms with Crippen molar-refractivity contribution in [3.8, 4) is 0 Å². The Balaban J connectivity index is 2.16. The zero-order valence-corrected chi connectivity index (χ0v) is 13.7. The molecule has 0 aliphatic carbocycles. The van der Waals surface area contributed by atoms with Gasteiger partial charge in [0.2, 0.25) is 0 Å². The van der Waals surface area contributed by atoms with Crippen LogP contribution in [0.3, 0.4) is 0 Å². The molecule has 0 aromatic heterocycles. The molecule has 1 amide bonds. The highest BCUT2D eigenvalue weighted by molar-refractivity contribution is 9.10. The maximum atomic E-state index is 12.7. The number of rotatable bonds is 4. The van der Waals surface area contributed by atoms with E-state index in [4.69, 9.17) is 5.11 Å². The lowest BCUT2D eigenvalue weighted by molar-refractivity contribution is -0.137. The van der Waals surface area contributed by atoms with Gasteiger partial charge in [0.25, 0.3) is 5.91 Å². The third-order valence-electron chi connectivity index (χ3n) is 3.93. The smallest absolute Gasteiger partial charge is 0.303 e. The van der Waals surface area contributed by atoms with E-state index in [0.717, 1.165) is 29.3 Å². The molecule has 1 aromatic rings. The molecule has 1 N–H and O–H groups in total. The fraction of sp³-hybridized carbons (Fsp3) is 0.500. The van der Waals surface area contributed by atoms with Crippen molar-refractivity contribution in [1.29, 1.82) is 0 Å². The number of likely N-dealkylation sites (tertiary alicyclic amines) is 1.